The van der Waals surface area contributed by atoms with Crippen LogP contribution < -0.4 is 5.32 Å². The minimum Gasteiger partial charge on any atom is -0.326 e. The minimum atomic E-state index is -4.37. The first-order valence-corrected chi connectivity index (χ1v) is 8.55. The Morgan fingerprint density at radius 3 is 2.07 bits per heavy atom. The molecular formula is C22H18F3NO. The number of hydrogen-bond acceptors (Lipinski definition) is 1. The normalized spacial score (nSPS) is 11.3. The molecule has 0 aliphatic carbocycles. The molecule has 3 aromatic carbocycles. The zero-order chi connectivity index (χ0) is 19.4. The third kappa shape index (κ3) is 4.37. The standard InChI is InChI=1S/C22H18F3NO/c1-2-21(27)26-20-14-17(10-13-19(20)16-6-4-3-5-7-16)15-8-11-18(12-9-15)22(23,24)25/h3-14H,2H2,1H3,(H,26,27). The SMILES string of the molecule is CCC(=O)Nc1cc(-c2ccc(C(F)(F)F)cc2)ccc1-c1ccccc1. The highest BCUT2D eigenvalue weighted by atomic mass is 19.4. The Morgan fingerprint density at radius 1 is 0.852 bits per heavy atom. The molecule has 1 amide bonds. The van der Waals surface area contributed by atoms with Crippen molar-refractivity contribution in [1.82, 2.24) is 0 Å². The van der Waals surface area contributed by atoms with Crippen molar-refractivity contribution < 1.29 is 18.0 Å². The molecular weight excluding hydrogens is 351 g/mol. The minimum absolute atomic E-state index is 0.128. The van der Waals surface area contributed by atoms with E-state index in [4.69, 9.17) is 0 Å². The maximum atomic E-state index is 12.8. The second-order valence-corrected chi connectivity index (χ2v) is 6.10. The quantitative estimate of drug-likeness (QED) is 0.567. The van der Waals surface area contributed by atoms with Gasteiger partial charge < -0.3 is 5.32 Å². The van der Waals surface area contributed by atoms with Crippen LogP contribution in [0.1, 0.15) is 18.9 Å². The summed E-state index contributed by atoms with van der Waals surface area (Å²) in [5.74, 6) is -0.128. The van der Waals surface area contributed by atoms with Gasteiger partial charge in [0.15, 0.2) is 0 Å². The van der Waals surface area contributed by atoms with Crippen molar-refractivity contribution in [3.8, 4) is 22.3 Å². The van der Waals surface area contributed by atoms with E-state index in [-0.39, 0.29) is 5.91 Å². The highest BCUT2D eigenvalue weighted by Crippen LogP contribution is 2.34. The number of anilines is 1. The van der Waals surface area contributed by atoms with Gasteiger partial charge in [0.05, 0.1) is 5.56 Å². The van der Waals surface area contributed by atoms with Gasteiger partial charge in [0.2, 0.25) is 5.91 Å². The maximum Gasteiger partial charge on any atom is 0.416 e. The number of carbonyl (C=O) groups excluding carboxylic acids is 1. The summed E-state index contributed by atoms with van der Waals surface area (Å²) in [5.41, 5.74) is 3.12. The topological polar surface area (TPSA) is 29.1 Å². The van der Waals surface area contributed by atoms with Gasteiger partial charge in [-0.2, -0.15) is 13.2 Å². The van der Waals surface area contributed by atoms with Crippen LogP contribution in [-0.2, 0) is 11.0 Å². The highest BCUT2D eigenvalue weighted by molar-refractivity contribution is 5.96. The smallest absolute Gasteiger partial charge is 0.326 e. The first-order chi connectivity index (χ1) is 12.9. The monoisotopic (exact) mass is 369 g/mol. The van der Waals surface area contributed by atoms with E-state index in [9.17, 15) is 18.0 Å². The zero-order valence-corrected chi connectivity index (χ0v) is 14.7. The molecule has 3 aromatic rings. The Hall–Kier alpha value is -3.08. The number of carbonyl (C=O) groups is 1. The maximum absolute atomic E-state index is 12.8. The summed E-state index contributed by atoms with van der Waals surface area (Å²) >= 11 is 0. The molecule has 0 aliphatic rings. The first-order valence-electron chi connectivity index (χ1n) is 8.55. The summed E-state index contributed by atoms with van der Waals surface area (Å²) in [6, 6.07) is 20.1. The van der Waals surface area contributed by atoms with Crippen LogP contribution in [0.25, 0.3) is 22.3 Å². The molecule has 0 radical (unpaired) electrons. The lowest BCUT2D eigenvalue weighted by Crippen LogP contribution is -2.10. The lowest BCUT2D eigenvalue weighted by molar-refractivity contribution is -0.137. The summed E-state index contributed by atoms with van der Waals surface area (Å²) in [6.45, 7) is 1.76. The fraction of sp³-hybridized carbons (Fsp3) is 0.136. The van der Waals surface area contributed by atoms with Crippen LogP contribution >= 0.6 is 0 Å². The number of alkyl halides is 3. The number of rotatable bonds is 4. The van der Waals surface area contributed by atoms with Gasteiger partial charge in [-0.25, -0.2) is 0 Å². The molecule has 3 rings (SSSR count). The lowest BCUT2D eigenvalue weighted by atomic mass is 9.97. The third-order valence-electron chi connectivity index (χ3n) is 4.25. The Labute approximate surface area is 155 Å². The van der Waals surface area contributed by atoms with E-state index in [1.807, 2.05) is 42.5 Å². The molecule has 0 aliphatic heterocycles. The van der Waals surface area contributed by atoms with E-state index in [0.29, 0.717) is 17.7 Å². The molecule has 0 atom stereocenters. The van der Waals surface area contributed by atoms with Gasteiger partial charge in [-0.05, 0) is 34.9 Å². The predicted octanol–water partition coefficient (Wildman–Crippen LogP) is 6.39. The average Bonchev–Trinajstić information content (AvgIpc) is 2.68. The summed E-state index contributed by atoms with van der Waals surface area (Å²) in [7, 11) is 0. The van der Waals surface area contributed by atoms with E-state index in [2.05, 4.69) is 5.32 Å². The number of benzene rings is 3. The molecule has 1 N–H and O–H groups in total. The van der Waals surface area contributed by atoms with Crippen molar-refractivity contribution >= 4 is 11.6 Å². The number of halogens is 3. The van der Waals surface area contributed by atoms with E-state index in [1.54, 1.807) is 13.0 Å². The fourth-order valence-corrected chi connectivity index (χ4v) is 2.79. The molecule has 5 heteroatoms. The summed E-state index contributed by atoms with van der Waals surface area (Å²) in [5, 5.41) is 2.89. The Kier molecular flexibility index (Phi) is 5.31. The first kappa shape index (κ1) is 18.7. The number of nitrogens with one attached hydrogen (secondary N) is 1. The van der Waals surface area contributed by atoms with E-state index >= 15 is 0 Å². The lowest BCUT2D eigenvalue weighted by Gasteiger charge is -2.14. The van der Waals surface area contributed by atoms with Crippen molar-refractivity contribution in [1.29, 1.82) is 0 Å². The molecule has 0 heterocycles. The van der Waals surface area contributed by atoms with Crippen LogP contribution in [-0.4, -0.2) is 5.91 Å². The van der Waals surface area contributed by atoms with Gasteiger partial charge >= 0.3 is 6.18 Å². The molecule has 0 bridgehead atoms. The number of hydrogen-bond donors (Lipinski definition) is 1. The summed E-state index contributed by atoms with van der Waals surface area (Å²) < 4.78 is 38.3. The van der Waals surface area contributed by atoms with Crippen LogP contribution in [0.5, 0.6) is 0 Å². The second kappa shape index (κ2) is 7.66. The molecule has 2 nitrogen and oxygen atoms in total. The largest absolute Gasteiger partial charge is 0.416 e. The van der Waals surface area contributed by atoms with Crippen molar-refractivity contribution in [3.05, 3.63) is 78.4 Å². The van der Waals surface area contributed by atoms with E-state index < -0.39 is 11.7 Å². The van der Waals surface area contributed by atoms with Crippen molar-refractivity contribution in [2.75, 3.05) is 5.32 Å². The van der Waals surface area contributed by atoms with Gasteiger partial charge in [0.1, 0.15) is 0 Å². The van der Waals surface area contributed by atoms with E-state index in [1.165, 1.54) is 12.1 Å². The Balaban J connectivity index is 2.02. The zero-order valence-electron chi connectivity index (χ0n) is 14.7. The van der Waals surface area contributed by atoms with Gasteiger partial charge in [0.25, 0.3) is 0 Å². The van der Waals surface area contributed by atoms with Crippen LogP contribution in [0.4, 0.5) is 18.9 Å². The Bertz CT molecular complexity index is 932. The molecule has 0 unspecified atom stereocenters. The van der Waals surface area contributed by atoms with Crippen LogP contribution in [0.3, 0.4) is 0 Å². The van der Waals surface area contributed by atoms with Gasteiger partial charge in [-0.15, -0.1) is 0 Å². The van der Waals surface area contributed by atoms with Gasteiger partial charge in [-0.1, -0.05) is 61.5 Å². The van der Waals surface area contributed by atoms with Gasteiger partial charge in [-0.3, -0.25) is 4.79 Å². The van der Waals surface area contributed by atoms with Crippen molar-refractivity contribution in [2.24, 2.45) is 0 Å². The van der Waals surface area contributed by atoms with Crippen LogP contribution in [0.15, 0.2) is 72.8 Å². The third-order valence-corrected chi connectivity index (χ3v) is 4.25. The molecule has 0 aromatic heterocycles. The highest BCUT2D eigenvalue weighted by Gasteiger charge is 2.30. The molecule has 0 saturated heterocycles. The number of amides is 1. The molecule has 27 heavy (non-hydrogen) atoms. The summed E-state index contributed by atoms with van der Waals surface area (Å²) in [6.07, 6.45) is -4.03. The fourth-order valence-electron chi connectivity index (χ4n) is 2.79. The summed E-state index contributed by atoms with van der Waals surface area (Å²) in [4.78, 5) is 11.9. The molecule has 138 valence electrons. The van der Waals surface area contributed by atoms with E-state index in [0.717, 1.165) is 28.8 Å². The average molecular weight is 369 g/mol. The Morgan fingerprint density at radius 2 is 1.48 bits per heavy atom. The van der Waals surface area contributed by atoms with Crippen LogP contribution in [0, 0.1) is 0 Å². The predicted molar refractivity (Wildman–Crippen MR) is 101 cm³/mol. The molecule has 0 spiro atoms. The molecule has 0 saturated carbocycles. The van der Waals surface area contributed by atoms with Gasteiger partial charge in [0, 0.05) is 17.7 Å². The van der Waals surface area contributed by atoms with Crippen molar-refractivity contribution in [3.63, 3.8) is 0 Å². The van der Waals surface area contributed by atoms with Crippen molar-refractivity contribution in [2.45, 2.75) is 19.5 Å². The second-order valence-electron chi connectivity index (χ2n) is 6.10. The van der Waals surface area contributed by atoms with Crippen LogP contribution in [0.2, 0.25) is 0 Å². The molecule has 0 fully saturated rings.